The molecule has 0 fully saturated rings. The van der Waals surface area contributed by atoms with Gasteiger partial charge in [-0.2, -0.15) is 39.5 Å². The summed E-state index contributed by atoms with van der Waals surface area (Å²) in [6, 6.07) is 0. The minimum absolute atomic E-state index is 1.67. The van der Waals surface area contributed by atoms with Crippen LogP contribution in [-0.4, -0.2) is 44.5 Å². The average molecular weight is 294 g/mol. The molecule has 18 heavy (non-hydrogen) atoms. The molecule has 0 amide bonds. The van der Waals surface area contributed by atoms with Crippen LogP contribution in [-0.2, 0) is 9.47 Å². The normalized spacial score (nSPS) is 15.8. The molecule has 0 aliphatic heterocycles. The van der Waals surface area contributed by atoms with Crippen LogP contribution in [0.5, 0.6) is 0 Å². The third-order valence-corrected chi connectivity index (χ3v) is 1.35. The minimum atomic E-state index is -5.25. The van der Waals surface area contributed by atoms with Crippen molar-refractivity contribution in [3.05, 3.63) is 0 Å². The molecule has 0 rings (SSSR count). The van der Waals surface area contributed by atoms with Crippen LogP contribution in [0.2, 0.25) is 0 Å². The minimum Gasteiger partial charge on any atom is -0.369 e. The van der Waals surface area contributed by atoms with E-state index in [1.54, 1.807) is 0 Å². The van der Waals surface area contributed by atoms with Crippen LogP contribution >= 0.6 is 0 Å². The molecule has 0 aromatic heterocycles. The predicted molar refractivity (Wildman–Crippen MR) is 38.7 cm³/mol. The van der Waals surface area contributed by atoms with Crippen molar-refractivity contribution in [3.8, 4) is 0 Å². The maximum atomic E-state index is 12.1. The highest BCUT2D eigenvalue weighted by Crippen LogP contribution is 2.26. The van der Waals surface area contributed by atoms with Gasteiger partial charge in [0.25, 0.3) is 0 Å². The molecule has 0 saturated heterocycles. The van der Waals surface area contributed by atoms with Gasteiger partial charge < -0.3 is 9.47 Å². The molecule has 0 heterocycles. The van der Waals surface area contributed by atoms with E-state index in [1.807, 2.05) is 0 Å². The van der Waals surface area contributed by atoms with E-state index in [0.717, 1.165) is 0 Å². The second kappa shape index (κ2) is 5.95. The van der Waals surface area contributed by atoms with Gasteiger partial charge in [0.2, 0.25) is 0 Å². The number of hydrogen-bond acceptors (Lipinski definition) is 2. The molecule has 1 unspecified atom stereocenters. The van der Waals surface area contributed by atoms with Crippen LogP contribution in [0.3, 0.4) is 0 Å². The zero-order valence-corrected chi connectivity index (χ0v) is 8.42. The Morgan fingerprint density at radius 3 is 1.50 bits per heavy atom. The highest BCUT2D eigenvalue weighted by atomic mass is 19.4. The molecule has 0 aromatic carbocycles. The van der Waals surface area contributed by atoms with Crippen molar-refractivity contribution in [2.75, 3.05) is 19.8 Å². The van der Waals surface area contributed by atoms with Gasteiger partial charge in [-0.1, -0.05) is 0 Å². The first-order valence-corrected chi connectivity index (χ1v) is 4.21. The summed E-state index contributed by atoms with van der Waals surface area (Å²) < 4.78 is 113. The van der Waals surface area contributed by atoms with E-state index >= 15 is 0 Å². The highest BCUT2D eigenvalue weighted by Gasteiger charge is 2.44. The Kier molecular flexibility index (Phi) is 5.72. The maximum absolute atomic E-state index is 12.1. The van der Waals surface area contributed by atoms with Crippen molar-refractivity contribution in [1.29, 1.82) is 0 Å². The maximum Gasteiger partial charge on any atom is 0.416 e. The Hall–Kier alpha value is -0.710. The van der Waals surface area contributed by atoms with E-state index in [-0.39, 0.29) is 0 Å². The van der Waals surface area contributed by atoms with Gasteiger partial charge in [0.05, 0.1) is 6.61 Å². The summed E-state index contributed by atoms with van der Waals surface area (Å²) in [6.07, 6.45) is -18.2. The summed E-state index contributed by atoms with van der Waals surface area (Å²) >= 11 is 0. The largest absolute Gasteiger partial charge is 0.416 e. The Morgan fingerprint density at radius 1 is 0.722 bits per heavy atom. The van der Waals surface area contributed by atoms with E-state index in [1.165, 1.54) is 0 Å². The van der Waals surface area contributed by atoms with Gasteiger partial charge in [0.1, 0.15) is 13.2 Å². The molecule has 0 saturated carbocycles. The number of halogens is 9. The van der Waals surface area contributed by atoms with E-state index < -0.39 is 44.5 Å². The van der Waals surface area contributed by atoms with Gasteiger partial charge in [-0.3, -0.25) is 0 Å². The fraction of sp³-hybridized carbons (Fsp3) is 1.00. The van der Waals surface area contributed by atoms with Crippen molar-refractivity contribution in [2.24, 2.45) is 0 Å². The summed E-state index contributed by atoms with van der Waals surface area (Å²) in [4.78, 5) is 0. The SMILES string of the molecule is FC(F)(F)COCC(OCC(F)(F)F)C(F)(F)F. The lowest BCUT2D eigenvalue weighted by molar-refractivity contribution is -0.271. The Balaban J connectivity index is 4.26. The molecule has 2 nitrogen and oxygen atoms in total. The second-order valence-corrected chi connectivity index (χ2v) is 3.09. The first kappa shape index (κ1) is 17.3. The van der Waals surface area contributed by atoms with Crippen molar-refractivity contribution >= 4 is 0 Å². The number of alkyl halides is 9. The molecule has 0 N–H and O–H groups in total. The third-order valence-electron chi connectivity index (χ3n) is 1.35. The molecule has 11 heteroatoms. The first-order chi connectivity index (χ1) is 7.81. The van der Waals surface area contributed by atoms with Gasteiger partial charge in [-0.05, 0) is 0 Å². The van der Waals surface area contributed by atoms with E-state index in [2.05, 4.69) is 9.47 Å². The van der Waals surface area contributed by atoms with Crippen molar-refractivity contribution in [1.82, 2.24) is 0 Å². The third kappa shape index (κ3) is 9.33. The van der Waals surface area contributed by atoms with Gasteiger partial charge in [0, 0.05) is 0 Å². The number of hydrogen-bond donors (Lipinski definition) is 0. The van der Waals surface area contributed by atoms with Gasteiger partial charge in [-0.15, -0.1) is 0 Å². The van der Waals surface area contributed by atoms with E-state index in [4.69, 9.17) is 0 Å². The molecule has 0 aromatic rings. The molecule has 0 bridgehead atoms. The molecule has 0 radical (unpaired) electrons. The standard InChI is InChI=1S/C7H7F9O2/c8-5(9,10)2-17-1-4(7(14,15)16)18-3-6(11,12)13/h4H,1-3H2. The topological polar surface area (TPSA) is 18.5 Å². The molecule has 0 spiro atoms. The number of rotatable bonds is 5. The van der Waals surface area contributed by atoms with Gasteiger partial charge >= 0.3 is 18.5 Å². The molecule has 0 aliphatic rings. The first-order valence-electron chi connectivity index (χ1n) is 4.21. The highest BCUT2D eigenvalue weighted by molar-refractivity contribution is 4.68. The Morgan fingerprint density at radius 2 is 1.17 bits per heavy atom. The van der Waals surface area contributed by atoms with Crippen LogP contribution in [0.4, 0.5) is 39.5 Å². The van der Waals surface area contributed by atoms with Crippen molar-refractivity contribution in [2.45, 2.75) is 24.6 Å². The van der Waals surface area contributed by atoms with Crippen LogP contribution in [0.1, 0.15) is 0 Å². The summed E-state index contributed by atoms with van der Waals surface area (Å²) in [5.41, 5.74) is 0. The molecular weight excluding hydrogens is 287 g/mol. The Bertz CT molecular complexity index is 241. The average Bonchev–Trinajstić information content (AvgIpc) is 2.04. The molecule has 0 aliphatic carbocycles. The van der Waals surface area contributed by atoms with Crippen LogP contribution in [0, 0.1) is 0 Å². The summed E-state index contributed by atoms with van der Waals surface area (Å²) in [5.74, 6) is 0. The van der Waals surface area contributed by atoms with Crippen molar-refractivity contribution in [3.63, 3.8) is 0 Å². The molecule has 110 valence electrons. The van der Waals surface area contributed by atoms with Crippen LogP contribution in [0.15, 0.2) is 0 Å². The fourth-order valence-electron chi connectivity index (χ4n) is 0.714. The zero-order valence-electron chi connectivity index (χ0n) is 8.42. The summed E-state index contributed by atoms with van der Waals surface area (Å²) in [5, 5.41) is 0. The van der Waals surface area contributed by atoms with Crippen LogP contribution < -0.4 is 0 Å². The lowest BCUT2D eigenvalue weighted by Crippen LogP contribution is -2.39. The smallest absolute Gasteiger partial charge is 0.369 e. The van der Waals surface area contributed by atoms with Gasteiger partial charge in [0.15, 0.2) is 6.10 Å². The lowest BCUT2D eigenvalue weighted by Gasteiger charge is -2.21. The van der Waals surface area contributed by atoms with Crippen LogP contribution in [0.25, 0.3) is 0 Å². The zero-order chi connectivity index (χ0) is 14.6. The van der Waals surface area contributed by atoms with Gasteiger partial charge in [-0.25, -0.2) is 0 Å². The van der Waals surface area contributed by atoms with Crippen molar-refractivity contribution < 1.29 is 49.0 Å². The van der Waals surface area contributed by atoms with E-state index in [9.17, 15) is 39.5 Å². The summed E-state index contributed by atoms with van der Waals surface area (Å²) in [6.45, 7) is -5.90. The molecular formula is C7H7F9O2. The lowest BCUT2D eigenvalue weighted by atomic mass is 10.3. The second-order valence-electron chi connectivity index (χ2n) is 3.09. The predicted octanol–water partition coefficient (Wildman–Crippen LogP) is 3.08. The number of ether oxygens (including phenoxy) is 2. The molecule has 1 atom stereocenters. The monoisotopic (exact) mass is 294 g/mol. The quantitative estimate of drug-likeness (QED) is 0.725. The summed E-state index contributed by atoms with van der Waals surface area (Å²) in [7, 11) is 0. The fourth-order valence-corrected chi connectivity index (χ4v) is 0.714. The van der Waals surface area contributed by atoms with E-state index in [0.29, 0.717) is 0 Å². The Labute approximate surface area is 94.6 Å².